The van der Waals surface area contributed by atoms with Crippen molar-refractivity contribution in [1.82, 2.24) is 5.32 Å². The summed E-state index contributed by atoms with van der Waals surface area (Å²) in [5, 5.41) is 3.64. The zero-order valence-corrected chi connectivity index (χ0v) is 10.2. The minimum atomic E-state index is -0.206. The quantitative estimate of drug-likeness (QED) is 0.824. The van der Waals surface area contributed by atoms with Crippen molar-refractivity contribution in [3.8, 4) is 0 Å². The Balaban J connectivity index is 2.05. The van der Waals surface area contributed by atoms with Crippen LogP contribution in [0.3, 0.4) is 0 Å². The summed E-state index contributed by atoms with van der Waals surface area (Å²) in [7, 11) is 1.88. The predicted octanol–water partition coefficient (Wildman–Crippen LogP) is 3.93. The number of benzene rings is 1. The summed E-state index contributed by atoms with van der Waals surface area (Å²) in [5.74, 6) is 0.675. The van der Waals surface area contributed by atoms with Crippen LogP contribution in [0.2, 0.25) is 5.02 Å². The molecular weight excluding hydrogens is 225 g/mol. The summed E-state index contributed by atoms with van der Waals surface area (Å²) in [4.78, 5) is 0. The topological polar surface area (TPSA) is 12.0 Å². The third-order valence-corrected chi connectivity index (χ3v) is 3.48. The lowest BCUT2D eigenvalue weighted by molar-refractivity contribution is 0.480. The molecule has 1 nitrogen and oxygen atoms in total. The van der Waals surface area contributed by atoms with Gasteiger partial charge in [-0.3, -0.25) is 0 Å². The van der Waals surface area contributed by atoms with Gasteiger partial charge in [0.15, 0.2) is 0 Å². The van der Waals surface area contributed by atoms with Gasteiger partial charge >= 0.3 is 0 Å². The molecule has 2 rings (SSSR count). The second-order valence-electron chi connectivity index (χ2n) is 4.53. The molecule has 0 amide bonds. The van der Waals surface area contributed by atoms with Gasteiger partial charge in [-0.05, 0) is 37.9 Å². The van der Waals surface area contributed by atoms with E-state index in [-0.39, 0.29) is 11.9 Å². The van der Waals surface area contributed by atoms with E-state index in [0.717, 1.165) is 17.9 Å². The fourth-order valence-electron chi connectivity index (χ4n) is 2.05. The molecule has 1 aromatic carbocycles. The summed E-state index contributed by atoms with van der Waals surface area (Å²) in [5.41, 5.74) is 0.729. The lowest BCUT2D eigenvalue weighted by Gasteiger charge is -2.17. The molecule has 1 N–H and O–H groups in total. The Hall–Kier alpha value is -0.600. The fourth-order valence-corrected chi connectivity index (χ4v) is 2.21. The van der Waals surface area contributed by atoms with Crippen LogP contribution < -0.4 is 5.32 Å². The van der Waals surface area contributed by atoms with E-state index in [1.165, 1.54) is 25.3 Å². The highest BCUT2D eigenvalue weighted by molar-refractivity contribution is 6.30. The Labute approximate surface area is 101 Å². The molecule has 1 aromatic rings. The maximum Gasteiger partial charge on any atom is 0.129 e. The van der Waals surface area contributed by atoms with Gasteiger partial charge in [0.25, 0.3) is 0 Å². The van der Waals surface area contributed by atoms with Crippen LogP contribution in [0, 0.1) is 11.7 Å². The van der Waals surface area contributed by atoms with E-state index in [4.69, 9.17) is 11.6 Å². The van der Waals surface area contributed by atoms with Crippen LogP contribution in [0.5, 0.6) is 0 Å². The molecule has 0 bridgehead atoms. The van der Waals surface area contributed by atoms with Gasteiger partial charge in [-0.1, -0.05) is 30.5 Å². The first-order valence-corrected chi connectivity index (χ1v) is 6.20. The van der Waals surface area contributed by atoms with Crippen LogP contribution in [0.25, 0.3) is 0 Å². The molecule has 1 aliphatic carbocycles. The summed E-state index contributed by atoms with van der Waals surface area (Å²) in [6.07, 6.45) is 4.88. The molecule has 1 atom stereocenters. The average Bonchev–Trinajstić information content (AvgIpc) is 3.05. The minimum Gasteiger partial charge on any atom is -0.313 e. The van der Waals surface area contributed by atoms with E-state index < -0.39 is 0 Å². The standard InChI is InChI=1S/C13H17ClFN/c1-16-13(7-4-9-2-3-9)11-6-5-10(14)8-12(11)15/h5-6,8-9,13,16H,2-4,7H2,1H3. The Morgan fingerprint density at radius 1 is 1.50 bits per heavy atom. The summed E-state index contributed by atoms with van der Waals surface area (Å²) in [6.45, 7) is 0. The Morgan fingerprint density at radius 3 is 2.81 bits per heavy atom. The molecular formula is C13H17ClFN. The van der Waals surface area contributed by atoms with Crippen molar-refractivity contribution < 1.29 is 4.39 Å². The van der Waals surface area contributed by atoms with E-state index >= 15 is 0 Å². The van der Waals surface area contributed by atoms with Crippen molar-refractivity contribution in [2.75, 3.05) is 7.05 Å². The van der Waals surface area contributed by atoms with E-state index in [1.807, 2.05) is 7.05 Å². The van der Waals surface area contributed by atoms with Gasteiger partial charge in [-0.15, -0.1) is 0 Å². The Morgan fingerprint density at radius 2 is 2.25 bits per heavy atom. The SMILES string of the molecule is CNC(CCC1CC1)c1ccc(Cl)cc1F. The highest BCUT2D eigenvalue weighted by Gasteiger charge is 2.23. The average molecular weight is 242 g/mol. The smallest absolute Gasteiger partial charge is 0.129 e. The first-order chi connectivity index (χ1) is 7.70. The monoisotopic (exact) mass is 241 g/mol. The van der Waals surface area contributed by atoms with E-state index in [9.17, 15) is 4.39 Å². The van der Waals surface area contributed by atoms with Crippen molar-refractivity contribution in [3.05, 3.63) is 34.6 Å². The molecule has 16 heavy (non-hydrogen) atoms. The number of halogens is 2. The summed E-state index contributed by atoms with van der Waals surface area (Å²) in [6, 6.07) is 5.03. The number of nitrogens with one attached hydrogen (secondary N) is 1. The van der Waals surface area contributed by atoms with E-state index in [2.05, 4.69) is 5.32 Å². The van der Waals surface area contributed by atoms with Crippen molar-refractivity contribution in [2.24, 2.45) is 5.92 Å². The van der Waals surface area contributed by atoms with Gasteiger partial charge in [0, 0.05) is 16.6 Å². The van der Waals surface area contributed by atoms with Gasteiger partial charge < -0.3 is 5.32 Å². The molecule has 0 saturated heterocycles. The third-order valence-electron chi connectivity index (χ3n) is 3.25. The zero-order chi connectivity index (χ0) is 11.5. The molecule has 0 aromatic heterocycles. The number of hydrogen-bond acceptors (Lipinski definition) is 1. The highest BCUT2D eigenvalue weighted by Crippen LogP contribution is 2.36. The Bertz CT molecular complexity index is 363. The molecule has 88 valence electrons. The van der Waals surface area contributed by atoms with Gasteiger partial charge in [0.1, 0.15) is 5.82 Å². The highest BCUT2D eigenvalue weighted by atomic mass is 35.5. The van der Waals surface area contributed by atoms with E-state index in [0.29, 0.717) is 5.02 Å². The van der Waals surface area contributed by atoms with Crippen LogP contribution >= 0.6 is 11.6 Å². The second-order valence-corrected chi connectivity index (χ2v) is 4.96. The Kier molecular flexibility index (Phi) is 3.82. The van der Waals surface area contributed by atoms with Crippen LogP contribution in [-0.2, 0) is 0 Å². The van der Waals surface area contributed by atoms with Crippen LogP contribution in [0.4, 0.5) is 4.39 Å². The first kappa shape index (κ1) is 11.9. The molecule has 1 saturated carbocycles. The third kappa shape index (κ3) is 2.96. The van der Waals surface area contributed by atoms with Gasteiger partial charge in [0.05, 0.1) is 0 Å². The minimum absolute atomic E-state index is 0.109. The lowest BCUT2D eigenvalue weighted by Crippen LogP contribution is -2.17. The number of hydrogen-bond donors (Lipinski definition) is 1. The molecule has 0 heterocycles. The van der Waals surface area contributed by atoms with E-state index in [1.54, 1.807) is 12.1 Å². The summed E-state index contributed by atoms with van der Waals surface area (Å²) < 4.78 is 13.7. The molecule has 0 radical (unpaired) electrons. The molecule has 0 aliphatic heterocycles. The van der Waals surface area contributed by atoms with Crippen LogP contribution in [0.15, 0.2) is 18.2 Å². The lowest BCUT2D eigenvalue weighted by atomic mass is 10.00. The molecule has 1 fully saturated rings. The number of rotatable bonds is 5. The largest absolute Gasteiger partial charge is 0.313 e. The zero-order valence-electron chi connectivity index (χ0n) is 9.47. The van der Waals surface area contributed by atoms with Crippen molar-refractivity contribution >= 4 is 11.6 Å². The van der Waals surface area contributed by atoms with Crippen molar-refractivity contribution in [2.45, 2.75) is 31.7 Å². The fraction of sp³-hybridized carbons (Fsp3) is 0.538. The molecule has 1 aliphatic rings. The van der Waals surface area contributed by atoms with Gasteiger partial charge in [0.2, 0.25) is 0 Å². The molecule has 0 spiro atoms. The maximum atomic E-state index is 13.7. The molecule has 3 heteroatoms. The first-order valence-electron chi connectivity index (χ1n) is 5.83. The maximum absolute atomic E-state index is 13.7. The van der Waals surface area contributed by atoms with Gasteiger partial charge in [-0.2, -0.15) is 0 Å². The van der Waals surface area contributed by atoms with Crippen LogP contribution in [0.1, 0.15) is 37.3 Å². The van der Waals surface area contributed by atoms with Crippen molar-refractivity contribution in [1.29, 1.82) is 0 Å². The summed E-state index contributed by atoms with van der Waals surface area (Å²) >= 11 is 5.74. The predicted molar refractivity (Wildman–Crippen MR) is 65.2 cm³/mol. The molecule has 1 unspecified atom stereocenters. The van der Waals surface area contributed by atoms with Gasteiger partial charge in [-0.25, -0.2) is 4.39 Å². The normalized spacial score (nSPS) is 17.4. The van der Waals surface area contributed by atoms with Crippen molar-refractivity contribution in [3.63, 3.8) is 0 Å². The second kappa shape index (κ2) is 5.15. The van der Waals surface area contributed by atoms with Crippen LogP contribution in [-0.4, -0.2) is 7.05 Å².